The highest BCUT2D eigenvalue weighted by molar-refractivity contribution is 7.71. The van der Waals surface area contributed by atoms with Gasteiger partial charge >= 0.3 is 0 Å². The summed E-state index contributed by atoms with van der Waals surface area (Å²) in [6.07, 6.45) is 7.02. The lowest BCUT2D eigenvalue weighted by atomic mass is 9.96. The van der Waals surface area contributed by atoms with E-state index in [1.807, 2.05) is 0 Å². The molecule has 5 nitrogen and oxygen atoms in total. The van der Waals surface area contributed by atoms with Crippen LogP contribution in [0.25, 0.3) is 10.9 Å². The van der Waals surface area contributed by atoms with E-state index in [-0.39, 0.29) is 22.3 Å². The Balaban J connectivity index is 1.78. The van der Waals surface area contributed by atoms with Crippen molar-refractivity contribution in [3.8, 4) is 0 Å². The fourth-order valence-electron chi connectivity index (χ4n) is 3.60. The number of nitrogens with one attached hydrogen (secondary N) is 3. The molecule has 1 aromatic carbocycles. The highest BCUT2D eigenvalue weighted by Crippen LogP contribution is 2.30. The molecular weight excluding hydrogens is 322 g/mol. The van der Waals surface area contributed by atoms with Crippen molar-refractivity contribution in [2.45, 2.75) is 51.5 Å². The molecule has 1 heterocycles. The summed E-state index contributed by atoms with van der Waals surface area (Å²) in [5.41, 5.74) is 0.904. The Morgan fingerprint density at radius 2 is 2.17 bits per heavy atom. The van der Waals surface area contributed by atoms with Gasteiger partial charge in [-0.25, -0.2) is 0 Å². The van der Waals surface area contributed by atoms with Crippen LogP contribution in [0, 0.1) is 10.7 Å². The number of aromatic amines is 2. The Morgan fingerprint density at radius 3 is 2.96 bits per heavy atom. The molecule has 3 rings (SSSR count). The van der Waals surface area contributed by atoms with Crippen LogP contribution in [0.5, 0.6) is 0 Å². The van der Waals surface area contributed by atoms with Crippen LogP contribution in [0.1, 0.15) is 55.8 Å². The van der Waals surface area contributed by atoms with Crippen molar-refractivity contribution in [2.75, 3.05) is 0 Å². The molecule has 2 unspecified atom stereocenters. The molecule has 0 radical (unpaired) electrons. The number of amides is 1. The molecule has 0 bridgehead atoms. The third kappa shape index (κ3) is 3.59. The first-order chi connectivity index (χ1) is 11.6. The van der Waals surface area contributed by atoms with Crippen molar-refractivity contribution in [2.24, 2.45) is 5.92 Å². The lowest BCUT2D eigenvalue weighted by Gasteiger charge is -2.21. The normalized spacial score (nSPS) is 20.4. The number of unbranched alkanes of at least 4 members (excludes halogenated alkanes) is 1. The smallest absolute Gasteiger partial charge is 0.259 e. The molecule has 1 saturated carbocycles. The van der Waals surface area contributed by atoms with Crippen LogP contribution >= 0.6 is 12.2 Å². The number of rotatable bonds is 5. The number of benzene rings is 1. The predicted octanol–water partition coefficient (Wildman–Crippen LogP) is 3.67. The molecule has 1 aromatic heterocycles. The summed E-state index contributed by atoms with van der Waals surface area (Å²) >= 11 is 5.00. The van der Waals surface area contributed by atoms with E-state index < -0.39 is 0 Å². The van der Waals surface area contributed by atoms with E-state index in [1.54, 1.807) is 18.2 Å². The van der Waals surface area contributed by atoms with E-state index >= 15 is 0 Å². The number of carbonyl (C=O) groups is 1. The van der Waals surface area contributed by atoms with Gasteiger partial charge in [-0.15, -0.1) is 0 Å². The minimum absolute atomic E-state index is 0.0788. The standard InChI is InChI=1S/C18H23N3O2S/c1-2-3-5-11-6-4-7-14(11)19-16(22)12-8-9-13-15(10-12)20-18(24)21-17(13)23/h8-11,14H,2-7H2,1H3,(H,19,22)(H2,20,21,23,24). The highest BCUT2D eigenvalue weighted by atomic mass is 32.1. The van der Waals surface area contributed by atoms with Gasteiger partial charge in [0.2, 0.25) is 0 Å². The zero-order chi connectivity index (χ0) is 17.1. The summed E-state index contributed by atoms with van der Waals surface area (Å²) in [6.45, 7) is 2.20. The lowest BCUT2D eigenvalue weighted by Crippen LogP contribution is -2.37. The first-order valence-electron chi connectivity index (χ1n) is 8.65. The largest absolute Gasteiger partial charge is 0.349 e. The SMILES string of the molecule is CCCCC1CCCC1NC(=O)c1ccc2c(=O)[nH]c(=S)[nH]c2c1. The molecule has 1 aliphatic rings. The van der Waals surface area contributed by atoms with Gasteiger partial charge in [0.25, 0.3) is 11.5 Å². The second-order valence-corrected chi connectivity index (χ2v) is 6.99. The Kier molecular flexibility index (Phi) is 5.14. The van der Waals surface area contributed by atoms with E-state index in [9.17, 15) is 9.59 Å². The minimum atomic E-state index is -0.240. The molecule has 1 amide bonds. The average molecular weight is 345 g/mol. The number of fused-ring (bicyclic) bond motifs is 1. The molecule has 1 aliphatic carbocycles. The molecule has 2 aromatic rings. The summed E-state index contributed by atoms with van der Waals surface area (Å²) in [6, 6.07) is 5.32. The van der Waals surface area contributed by atoms with Crippen molar-refractivity contribution < 1.29 is 4.79 Å². The number of aromatic nitrogens is 2. The minimum Gasteiger partial charge on any atom is -0.349 e. The van der Waals surface area contributed by atoms with Crippen LogP contribution < -0.4 is 10.9 Å². The van der Waals surface area contributed by atoms with Gasteiger partial charge in [-0.3, -0.25) is 14.6 Å². The summed E-state index contributed by atoms with van der Waals surface area (Å²) < 4.78 is 0.264. The zero-order valence-electron chi connectivity index (χ0n) is 13.9. The van der Waals surface area contributed by atoms with Crippen molar-refractivity contribution >= 4 is 29.0 Å². The molecule has 3 N–H and O–H groups in total. The molecule has 0 saturated heterocycles. The number of hydrogen-bond acceptors (Lipinski definition) is 3. The monoisotopic (exact) mass is 345 g/mol. The maximum Gasteiger partial charge on any atom is 0.259 e. The zero-order valence-corrected chi connectivity index (χ0v) is 14.7. The first-order valence-corrected chi connectivity index (χ1v) is 9.06. The van der Waals surface area contributed by atoms with Gasteiger partial charge in [-0.1, -0.05) is 26.2 Å². The Morgan fingerprint density at radius 1 is 1.33 bits per heavy atom. The average Bonchev–Trinajstić information content (AvgIpc) is 2.99. The van der Waals surface area contributed by atoms with Crippen LogP contribution in [0.2, 0.25) is 0 Å². The Hall–Kier alpha value is -1.95. The van der Waals surface area contributed by atoms with Gasteiger partial charge in [-0.05, 0) is 55.6 Å². The molecule has 128 valence electrons. The van der Waals surface area contributed by atoms with E-state index in [1.165, 1.54) is 32.1 Å². The van der Waals surface area contributed by atoms with Gasteiger partial charge in [0.05, 0.1) is 10.9 Å². The van der Waals surface area contributed by atoms with Crippen molar-refractivity contribution in [1.29, 1.82) is 0 Å². The summed E-state index contributed by atoms with van der Waals surface area (Å²) in [4.78, 5) is 29.9. The van der Waals surface area contributed by atoms with Gasteiger partial charge in [0, 0.05) is 11.6 Å². The molecule has 2 atom stereocenters. The molecule has 0 spiro atoms. The number of H-pyrrole nitrogens is 2. The summed E-state index contributed by atoms with van der Waals surface area (Å²) in [5.74, 6) is 0.507. The predicted molar refractivity (Wildman–Crippen MR) is 97.9 cm³/mol. The quantitative estimate of drug-likeness (QED) is 0.724. The molecule has 24 heavy (non-hydrogen) atoms. The summed E-state index contributed by atoms with van der Waals surface area (Å²) in [5, 5.41) is 3.68. The van der Waals surface area contributed by atoms with Crippen molar-refractivity contribution in [3.05, 3.63) is 38.9 Å². The van der Waals surface area contributed by atoms with E-state index in [0.717, 1.165) is 6.42 Å². The van der Waals surface area contributed by atoms with Crippen LogP contribution in [0.3, 0.4) is 0 Å². The Bertz CT molecular complexity index is 855. The molecule has 0 aliphatic heterocycles. The lowest BCUT2D eigenvalue weighted by molar-refractivity contribution is 0.0926. The van der Waals surface area contributed by atoms with E-state index in [4.69, 9.17) is 12.2 Å². The second kappa shape index (κ2) is 7.30. The topological polar surface area (TPSA) is 77.8 Å². The number of hydrogen-bond donors (Lipinski definition) is 3. The van der Waals surface area contributed by atoms with Gasteiger partial charge < -0.3 is 10.3 Å². The maximum atomic E-state index is 12.6. The van der Waals surface area contributed by atoms with Crippen molar-refractivity contribution in [3.63, 3.8) is 0 Å². The first kappa shape index (κ1) is 16.9. The number of carbonyl (C=O) groups excluding carboxylic acids is 1. The Labute approximate surface area is 145 Å². The second-order valence-electron chi connectivity index (χ2n) is 6.58. The third-order valence-electron chi connectivity index (χ3n) is 4.91. The fraction of sp³-hybridized carbons (Fsp3) is 0.500. The molecule has 6 heteroatoms. The van der Waals surface area contributed by atoms with E-state index in [2.05, 4.69) is 22.2 Å². The maximum absolute atomic E-state index is 12.6. The van der Waals surface area contributed by atoms with Gasteiger partial charge in [0.15, 0.2) is 4.77 Å². The van der Waals surface area contributed by atoms with Crippen LogP contribution in [0.4, 0.5) is 0 Å². The fourth-order valence-corrected chi connectivity index (χ4v) is 3.80. The van der Waals surface area contributed by atoms with E-state index in [0.29, 0.717) is 22.4 Å². The molecule has 1 fully saturated rings. The van der Waals surface area contributed by atoms with Crippen molar-refractivity contribution in [1.82, 2.24) is 15.3 Å². The summed E-state index contributed by atoms with van der Waals surface area (Å²) in [7, 11) is 0. The van der Waals surface area contributed by atoms with Crippen LogP contribution in [-0.2, 0) is 0 Å². The van der Waals surface area contributed by atoms with Gasteiger partial charge in [0.1, 0.15) is 0 Å². The van der Waals surface area contributed by atoms with Gasteiger partial charge in [-0.2, -0.15) is 0 Å². The van der Waals surface area contributed by atoms with Crippen LogP contribution in [0.15, 0.2) is 23.0 Å². The molecular formula is C18H23N3O2S. The van der Waals surface area contributed by atoms with Crippen LogP contribution in [-0.4, -0.2) is 21.9 Å². The third-order valence-corrected chi connectivity index (χ3v) is 5.11. The highest BCUT2D eigenvalue weighted by Gasteiger charge is 2.28.